The standard InChI is InChI=1S/C13H23N5O/c1-17(2)13(19)9-18-5-3-11(4-6-18)15-8-12-7-14-10-16-12/h7,10-11,15H,3-6,8-9H2,1-2H3,(H,14,16). The predicted octanol–water partition coefficient (Wildman–Crippen LogP) is 0.0519. The molecule has 0 atom stereocenters. The van der Waals surface area contributed by atoms with Crippen molar-refractivity contribution in [2.24, 2.45) is 0 Å². The molecule has 1 saturated heterocycles. The first-order valence-electron chi connectivity index (χ1n) is 6.78. The van der Waals surface area contributed by atoms with Crippen molar-refractivity contribution >= 4 is 5.91 Å². The van der Waals surface area contributed by atoms with Gasteiger partial charge in [0.05, 0.1) is 12.9 Å². The van der Waals surface area contributed by atoms with Gasteiger partial charge in [-0.15, -0.1) is 0 Å². The SMILES string of the molecule is CN(C)C(=O)CN1CCC(NCc2cnc[nH]2)CC1. The topological polar surface area (TPSA) is 64.3 Å². The highest BCUT2D eigenvalue weighted by Crippen LogP contribution is 2.10. The van der Waals surface area contributed by atoms with E-state index in [1.165, 1.54) is 0 Å². The Morgan fingerprint density at radius 2 is 2.26 bits per heavy atom. The summed E-state index contributed by atoms with van der Waals surface area (Å²) in [5.74, 6) is 0.184. The van der Waals surface area contributed by atoms with Crippen LogP contribution in [0.2, 0.25) is 0 Å². The molecule has 0 aliphatic carbocycles. The fourth-order valence-electron chi connectivity index (χ4n) is 2.26. The van der Waals surface area contributed by atoms with Gasteiger partial charge in [-0.2, -0.15) is 0 Å². The summed E-state index contributed by atoms with van der Waals surface area (Å²) in [6.45, 7) is 3.35. The van der Waals surface area contributed by atoms with Crippen LogP contribution in [0.4, 0.5) is 0 Å². The monoisotopic (exact) mass is 265 g/mol. The molecule has 0 aromatic carbocycles. The first-order chi connectivity index (χ1) is 9.15. The van der Waals surface area contributed by atoms with Gasteiger partial charge in [0.15, 0.2) is 0 Å². The lowest BCUT2D eigenvalue weighted by molar-refractivity contribution is -0.130. The highest BCUT2D eigenvalue weighted by atomic mass is 16.2. The van der Waals surface area contributed by atoms with E-state index in [0.717, 1.165) is 38.2 Å². The quantitative estimate of drug-likeness (QED) is 0.790. The number of H-pyrrole nitrogens is 1. The van der Waals surface area contributed by atoms with Crippen LogP contribution in [-0.4, -0.2) is 65.4 Å². The lowest BCUT2D eigenvalue weighted by atomic mass is 10.0. The smallest absolute Gasteiger partial charge is 0.236 e. The number of hydrogen-bond acceptors (Lipinski definition) is 4. The number of likely N-dealkylation sites (N-methyl/N-ethyl adjacent to an activating group) is 1. The highest BCUT2D eigenvalue weighted by Gasteiger charge is 2.20. The second kappa shape index (κ2) is 6.68. The third-order valence-corrected chi connectivity index (χ3v) is 3.58. The van der Waals surface area contributed by atoms with Gasteiger partial charge in [0, 0.05) is 51.7 Å². The molecule has 1 aliphatic rings. The normalized spacial score (nSPS) is 17.6. The lowest BCUT2D eigenvalue weighted by Crippen LogP contribution is -2.45. The molecule has 1 amide bonds. The predicted molar refractivity (Wildman–Crippen MR) is 73.6 cm³/mol. The maximum Gasteiger partial charge on any atom is 0.236 e. The van der Waals surface area contributed by atoms with Crippen molar-refractivity contribution in [3.05, 3.63) is 18.2 Å². The number of piperidine rings is 1. The summed E-state index contributed by atoms with van der Waals surface area (Å²) in [7, 11) is 3.61. The summed E-state index contributed by atoms with van der Waals surface area (Å²) >= 11 is 0. The molecule has 1 aliphatic heterocycles. The Kier molecular flexibility index (Phi) is 4.93. The van der Waals surface area contributed by atoms with Crippen LogP contribution in [0.15, 0.2) is 12.5 Å². The van der Waals surface area contributed by atoms with E-state index in [9.17, 15) is 4.79 Å². The minimum absolute atomic E-state index is 0.184. The molecule has 2 N–H and O–H groups in total. The number of likely N-dealkylation sites (tertiary alicyclic amines) is 1. The number of imidazole rings is 1. The Morgan fingerprint density at radius 1 is 1.53 bits per heavy atom. The van der Waals surface area contributed by atoms with E-state index in [2.05, 4.69) is 20.2 Å². The minimum Gasteiger partial charge on any atom is -0.348 e. The number of nitrogens with zero attached hydrogens (tertiary/aromatic N) is 3. The van der Waals surface area contributed by atoms with E-state index < -0.39 is 0 Å². The molecule has 2 rings (SSSR count). The van der Waals surface area contributed by atoms with Crippen LogP contribution in [0.25, 0.3) is 0 Å². The number of hydrogen-bond donors (Lipinski definition) is 2. The molecule has 0 unspecified atom stereocenters. The lowest BCUT2D eigenvalue weighted by Gasteiger charge is -2.32. The zero-order valence-electron chi connectivity index (χ0n) is 11.7. The Morgan fingerprint density at radius 3 is 2.84 bits per heavy atom. The van der Waals surface area contributed by atoms with Gasteiger partial charge < -0.3 is 15.2 Å². The first-order valence-corrected chi connectivity index (χ1v) is 6.78. The summed E-state index contributed by atoms with van der Waals surface area (Å²) in [6, 6.07) is 0.536. The van der Waals surface area contributed by atoms with Crippen molar-refractivity contribution in [1.82, 2.24) is 25.1 Å². The molecule has 2 heterocycles. The van der Waals surface area contributed by atoms with Gasteiger partial charge in [0.2, 0.25) is 5.91 Å². The Balaban J connectivity index is 1.66. The van der Waals surface area contributed by atoms with E-state index in [4.69, 9.17) is 0 Å². The molecule has 6 heteroatoms. The van der Waals surface area contributed by atoms with Gasteiger partial charge in [0.1, 0.15) is 0 Å². The molecule has 0 spiro atoms. The van der Waals surface area contributed by atoms with Crippen molar-refractivity contribution in [1.29, 1.82) is 0 Å². The van der Waals surface area contributed by atoms with E-state index in [-0.39, 0.29) is 5.91 Å². The fourth-order valence-corrected chi connectivity index (χ4v) is 2.26. The van der Waals surface area contributed by atoms with E-state index in [0.29, 0.717) is 12.6 Å². The summed E-state index contributed by atoms with van der Waals surface area (Å²) in [5.41, 5.74) is 1.12. The van der Waals surface area contributed by atoms with Crippen LogP contribution in [0.5, 0.6) is 0 Å². The average molecular weight is 265 g/mol. The second-order valence-corrected chi connectivity index (χ2v) is 5.30. The van der Waals surface area contributed by atoms with Crippen LogP contribution < -0.4 is 5.32 Å². The van der Waals surface area contributed by atoms with Gasteiger partial charge >= 0.3 is 0 Å². The van der Waals surface area contributed by atoms with Crippen molar-refractivity contribution < 1.29 is 4.79 Å². The number of carbonyl (C=O) groups excluding carboxylic acids is 1. The van der Waals surface area contributed by atoms with Gasteiger partial charge in [-0.25, -0.2) is 4.98 Å². The fraction of sp³-hybridized carbons (Fsp3) is 0.692. The summed E-state index contributed by atoms with van der Waals surface area (Å²) in [4.78, 5) is 22.6. The summed E-state index contributed by atoms with van der Waals surface area (Å²) in [5, 5.41) is 3.53. The molecule has 106 valence electrons. The number of aromatic nitrogens is 2. The zero-order valence-corrected chi connectivity index (χ0v) is 11.7. The zero-order chi connectivity index (χ0) is 13.7. The highest BCUT2D eigenvalue weighted by molar-refractivity contribution is 5.77. The molecular weight excluding hydrogens is 242 g/mol. The van der Waals surface area contributed by atoms with Gasteiger partial charge in [-0.3, -0.25) is 9.69 Å². The number of aromatic amines is 1. The van der Waals surface area contributed by atoms with Crippen molar-refractivity contribution in [2.45, 2.75) is 25.4 Å². The largest absolute Gasteiger partial charge is 0.348 e. The third-order valence-electron chi connectivity index (χ3n) is 3.58. The van der Waals surface area contributed by atoms with E-state index in [1.807, 2.05) is 6.20 Å². The number of rotatable bonds is 5. The molecule has 6 nitrogen and oxygen atoms in total. The summed E-state index contributed by atoms with van der Waals surface area (Å²) < 4.78 is 0. The van der Waals surface area contributed by atoms with Crippen LogP contribution in [0.3, 0.4) is 0 Å². The molecule has 0 bridgehead atoms. The average Bonchev–Trinajstić information content (AvgIpc) is 2.91. The van der Waals surface area contributed by atoms with Gasteiger partial charge in [0.25, 0.3) is 0 Å². The molecule has 0 saturated carbocycles. The Bertz CT molecular complexity index is 382. The minimum atomic E-state index is 0.184. The van der Waals surface area contributed by atoms with E-state index >= 15 is 0 Å². The first kappa shape index (κ1) is 14.0. The van der Waals surface area contributed by atoms with E-state index in [1.54, 1.807) is 25.3 Å². The Hall–Kier alpha value is -1.40. The van der Waals surface area contributed by atoms with Crippen LogP contribution in [-0.2, 0) is 11.3 Å². The molecule has 1 aromatic heterocycles. The molecule has 1 fully saturated rings. The van der Waals surface area contributed by atoms with Crippen molar-refractivity contribution in [3.63, 3.8) is 0 Å². The maximum atomic E-state index is 11.6. The number of carbonyl (C=O) groups is 1. The number of nitrogens with one attached hydrogen (secondary N) is 2. The van der Waals surface area contributed by atoms with Crippen LogP contribution in [0.1, 0.15) is 18.5 Å². The van der Waals surface area contributed by atoms with Gasteiger partial charge in [-0.05, 0) is 12.8 Å². The Labute approximate surface area is 114 Å². The molecular formula is C13H23N5O. The van der Waals surface area contributed by atoms with Crippen LogP contribution >= 0.6 is 0 Å². The van der Waals surface area contributed by atoms with Crippen LogP contribution in [0, 0.1) is 0 Å². The second-order valence-electron chi connectivity index (χ2n) is 5.30. The van der Waals surface area contributed by atoms with Crippen molar-refractivity contribution in [3.8, 4) is 0 Å². The summed E-state index contributed by atoms with van der Waals surface area (Å²) in [6.07, 6.45) is 5.73. The number of amides is 1. The molecule has 19 heavy (non-hydrogen) atoms. The van der Waals surface area contributed by atoms with Gasteiger partial charge in [-0.1, -0.05) is 0 Å². The molecule has 1 aromatic rings. The molecule has 0 radical (unpaired) electrons. The third kappa shape index (κ3) is 4.33. The maximum absolute atomic E-state index is 11.6. The van der Waals surface area contributed by atoms with Crippen molar-refractivity contribution in [2.75, 3.05) is 33.7 Å².